The molecular weight excluding hydrogens is 190 g/mol. The van der Waals surface area contributed by atoms with Crippen LogP contribution in [0, 0.1) is 12.8 Å². The summed E-state index contributed by atoms with van der Waals surface area (Å²) in [7, 11) is 0. The number of carbonyl (C=O) groups is 1. The number of anilines is 1. The smallest absolute Gasteiger partial charge is 0.147 e. The van der Waals surface area contributed by atoms with Crippen LogP contribution in [0.25, 0.3) is 0 Å². The van der Waals surface area contributed by atoms with Crippen LogP contribution in [-0.2, 0) is 4.79 Å². The van der Waals surface area contributed by atoms with E-state index in [2.05, 4.69) is 14.9 Å². The summed E-state index contributed by atoms with van der Waals surface area (Å²) in [5, 5.41) is 0. The molecule has 0 amide bonds. The Hall–Kier alpha value is -1.45. The van der Waals surface area contributed by atoms with Gasteiger partial charge in [-0.1, -0.05) is 0 Å². The van der Waals surface area contributed by atoms with Crippen molar-refractivity contribution in [2.75, 3.05) is 18.0 Å². The van der Waals surface area contributed by atoms with Gasteiger partial charge < -0.3 is 9.69 Å². The lowest BCUT2D eigenvalue weighted by Crippen LogP contribution is -2.36. The number of hydrogen-bond acceptors (Lipinski definition) is 4. The summed E-state index contributed by atoms with van der Waals surface area (Å²) < 4.78 is 0. The largest absolute Gasteiger partial charge is 0.355 e. The van der Waals surface area contributed by atoms with E-state index in [0.717, 1.165) is 43.7 Å². The highest BCUT2D eigenvalue weighted by molar-refractivity contribution is 5.56. The number of piperidine rings is 1. The molecule has 1 aliphatic heterocycles. The summed E-state index contributed by atoms with van der Waals surface area (Å²) in [4.78, 5) is 21.4. The van der Waals surface area contributed by atoms with Crippen molar-refractivity contribution >= 4 is 12.1 Å². The number of hydrogen-bond donors (Lipinski definition) is 0. The lowest BCUT2D eigenvalue weighted by Gasteiger charge is -2.30. The maximum absolute atomic E-state index is 10.7. The zero-order chi connectivity index (χ0) is 10.7. The van der Waals surface area contributed by atoms with Gasteiger partial charge in [0.2, 0.25) is 0 Å². The summed E-state index contributed by atoms with van der Waals surface area (Å²) >= 11 is 0. The third-order valence-corrected chi connectivity index (χ3v) is 2.72. The molecule has 0 spiro atoms. The lowest BCUT2D eigenvalue weighted by molar-refractivity contribution is -0.111. The molecule has 1 atom stereocenters. The van der Waals surface area contributed by atoms with Crippen molar-refractivity contribution in [1.82, 2.24) is 9.97 Å². The van der Waals surface area contributed by atoms with E-state index in [0.29, 0.717) is 0 Å². The Balaban J connectivity index is 2.13. The molecule has 1 aromatic rings. The molecule has 0 aliphatic carbocycles. The van der Waals surface area contributed by atoms with Crippen molar-refractivity contribution in [3.8, 4) is 0 Å². The minimum absolute atomic E-state index is 0.154. The van der Waals surface area contributed by atoms with Crippen LogP contribution in [0.15, 0.2) is 12.4 Å². The predicted molar refractivity (Wildman–Crippen MR) is 57.8 cm³/mol. The molecule has 0 bridgehead atoms. The van der Waals surface area contributed by atoms with E-state index in [-0.39, 0.29) is 5.92 Å². The van der Waals surface area contributed by atoms with Crippen LogP contribution in [-0.4, -0.2) is 29.3 Å². The zero-order valence-electron chi connectivity index (χ0n) is 8.89. The highest BCUT2D eigenvalue weighted by Gasteiger charge is 2.20. The number of carbonyl (C=O) groups excluding carboxylic acids is 1. The van der Waals surface area contributed by atoms with Gasteiger partial charge in [-0.05, 0) is 19.8 Å². The summed E-state index contributed by atoms with van der Waals surface area (Å²) in [5.74, 6) is 1.04. The SMILES string of the molecule is Cc1cncc(N2CCC[C@H](C=O)C2)n1. The number of aromatic nitrogens is 2. The first-order valence-corrected chi connectivity index (χ1v) is 5.28. The van der Waals surface area contributed by atoms with E-state index in [9.17, 15) is 4.79 Å². The average molecular weight is 205 g/mol. The Kier molecular flexibility index (Phi) is 2.94. The van der Waals surface area contributed by atoms with Gasteiger partial charge in [-0.25, -0.2) is 4.98 Å². The molecule has 0 radical (unpaired) electrons. The van der Waals surface area contributed by atoms with Crippen molar-refractivity contribution < 1.29 is 4.79 Å². The molecular formula is C11H15N3O. The molecule has 4 nitrogen and oxygen atoms in total. The third-order valence-electron chi connectivity index (χ3n) is 2.72. The van der Waals surface area contributed by atoms with Crippen molar-refractivity contribution in [1.29, 1.82) is 0 Å². The van der Waals surface area contributed by atoms with Gasteiger partial charge in [-0.15, -0.1) is 0 Å². The van der Waals surface area contributed by atoms with Gasteiger partial charge in [0.1, 0.15) is 12.1 Å². The van der Waals surface area contributed by atoms with Crippen LogP contribution in [0.3, 0.4) is 0 Å². The van der Waals surface area contributed by atoms with Crippen LogP contribution >= 0.6 is 0 Å². The first-order chi connectivity index (χ1) is 7.29. The van der Waals surface area contributed by atoms with Gasteiger partial charge >= 0.3 is 0 Å². The number of nitrogens with zero attached hydrogens (tertiary/aromatic N) is 3. The summed E-state index contributed by atoms with van der Waals surface area (Å²) in [6, 6.07) is 0. The molecule has 1 saturated heterocycles. The Labute approximate surface area is 89.3 Å². The Bertz CT molecular complexity index is 353. The van der Waals surface area contributed by atoms with Gasteiger partial charge in [0.05, 0.1) is 11.9 Å². The standard InChI is InChI=1S/C11H15N3O/c1-9-5-12-6-11(13-9)14-4-2-3-10(7-14)8-15/h5-6,8,10H,2-4,7H2,1H3/t10-/m0/s1. The van der Waals surface area contributed by atoms with E-state index in [1.807, 2.05) is 6.92 Å². The van der Waals surface area contributed by atoms with Crippen LogP contribution in [0.4, 0.5) is 5.82 Å². The van der Waals surface area contributed by atoms with Crippen LogP contribution in [0.1, 0.15) is 18.5 Å². The normalized spacial score (nSPS) is 21.4. The highest BCUT2D eigenvalue weighted by Crippen LogP contribution is 2.19. The maximum Gasteiger partial charge on any atom is 0.147 e. The van der Waals surface area contributed by atoms with Crippen LogP contribution in [0.5, 0.6) is 0 Å². The third kappa shape index (κ3) is 2.32. The molecule has 0 aromatic carbocycles. The van der Waals surface area contributed by atoms with Crippen molar-refractivity contribution in [2.45, 2.75) is 19.8 Å². The minimum atomic E-state index is 0.154. The molecule has 2 rings (SSSR count). The Morgan fingerprint density at radius 3 is 3.13 bits per heavy atom. The van der Waals surface area contributed by atoms with Gasteiger partial charge in [0.25, 0.3) is 0 Å². The van der Waals surface area contributed by atoms with E-state index < -0.39 is 0 Å². The van der Waals surface area contributed by atoms with Crippen molar-refractivity contribution in [2.24, 2.45) is 5.92 Å². The van der Waals surface area contributed by atoms with E-state index >= 15 is 0 Å². The fourth-order valence-corrected chi connectivity index (χ4v) is 1.93. The minimum Gasteiger partial charge on any atom is -0.355 e. The number of rotatable bonds is 2. The zero-order valence-corrected chi connectivity index (χ0v) is 8.89. The quantitative estimate of drug-likeness (QED) is 0.681. The molecule has 0 N–H and O–H groups in total. The second-order valence-electron chi connectivity index (χ2n) is 4.00. The number of aryl methyl sites for hydroxylation is 1. The molecule has 0 saturated carbocycles. The molecule has 1 aliphatic rings. The van der Waals surface area contributed by atoms with Gasteiger partial charge in [-0.3, -0.25) is 4.98 Å². The fraction of sp³-hybridized carbons (Fsp3) is 0.545. The lowest BCUT2D eigenvalue weighted by atomic mass is 10.00. The van der Waals surface area contributed by atoms with Gasteiger partial charge in [0, 0.05) is 25.2 Å². The fourth-order valence-electron chi connectivity index (χ4n) is 1.93. The van der Waals surface area contributed by atoms with E-state index in [4.69, 9.17) is 0 Å². The van der Waals surface area contributed by atoms with E-state index in [1.54, 1.807) is 12.4 Å². The molecule has 1 aromatic heterocycles. The van der Waals surface area contributed by atoms with E-state index in [1.165, 1.54) is 0 Å². The molecule has 0 unspecified atom stereocenters. The first kappa shape index (κ1) is 10.1. The highest BCUT2D eigenvalue weighted by atomic mass is 16.1. The monoisotopic (exact) mass is 205 g/mol. The van der Waals surface area contributed by atoms with Crippen molar-refractivity contribution in [3.63, 3.8) is 0 Å². The molecule has 1 fully saturated rings. The van der Waals surface area contributed by atoms with Gasteiger partial charge in [-0.2, -0.15) is 0 Å². The summed E-state index contributed by atoms with van der Waals surface area (Å²) in [5.41, 5.74) is 0.917. The number of aldehydes is 1. The molecule has 80 valence electrons. The summed E-state index contributed by atoms with van der Waals surface area (Å²) in [6.07, 6.45) is 6.61. The Morgan fingerprint density at radius 1 is 1.53 bits per heavy atom. The second-order valence-corrected chi connectivity index (χ2v) is 4.00. The van der Waals surface area contributed by atoms with Crippen molar-refractivity contribution in [3.05, 3.63) is 18.1 Å². The van der Waals surface area contributed by atoms with Crippen LogP contribution < -0.4 is 4.90 Å². The molecule has 2 heterocycles. The average Bonchev–Trinajstić information content (AvgIpc) is 2.29. The Morgan fingerprint density at radius 2 is 2.40 bits per heavy atom. The molecule has 15 heavy (non-hydrogen) atoms. The van der Waals surface area contributed by atoms with Crippen LogP contribution in [0.2, 0.25) is 0 Å². The topological polar surface area (TPSA) is 46.1 Å². The molecule has 4 heteroatoms. The first-order valence-electron chi connectivity index (χ1n) is 5.28. The summed E-state index contributed by atoms with van der Waals surface area (Å²) in [6.45, 7) is 3.68. The maximum atomic E-state index is 10.7. The second kappa shape index (κ2) is 4.38. The predicted octanol–water partition coefficient (Wildman–Crippen LogP) is 1.20. The van der Waals surface area contributed by atoms with Gasteiger partial charge in [0.15, 0.2) is 0 Å².